The fourth-order valence-electron chi connectivity index (χ4n) is 1.10. The van der Waals surface area contributed by atoms with Crippen LogP contribution in [-0.2, 0) is 0 Å². The lowest BCUT2D eigenvalue weighted by atomic mass is 10.0. The monoisotopic (exact) mass is 195 g/mol. The van der Waals surface area contributed by atoms with Crippen molar-refractivity contribution in [2.45, 2.75) is 19.8 Å². The highest BCUT2D eigenvalue weighted by Gasteiger charge is 2.10. The molecule has 0 aliphatic carbocycles. The van der Waals surface area contributed by atoms with E-state index >= 15 is 0 Å². The molecular formula is C9H10ClN3. The van der Waals surface area contributed by atoms with Crippen LogP contribution in [0.25, 0.3) is 0 Å². The van der Waals surface area contributed by atoms with Crippen molar-refractivity contribution < 1.29 is 0 Å². The Morgan fingerprint density at radius 3 is 2.69 bits per heavy atom. The summed E-state index contributed by atoms with van der Waals surface area (Å²) in [5.41, 5.74) is 7.23. The highest BCUT2D eigenvalue weighted by molar-refractivity contribution is 6.29. The lowest BCUT2D eigenvalue weighted by Crippen LogP contribution is -2.02. The molecule has 0 aliphatic rings. The van der Waals surface area contributed by atoms with E-state index < -0.39 is 0 Å². The maximum atomic E-state index is 8.70. The summed E-state index contributed by atoms with van der Waals surface area (Å²) in [5, 5.41) is 9.01. The fourth-order valence-corrected chi connectivity index (χ4v) is 1.31. The number of aromatic nitrogens is 1. The van der Waals surface area contributed by atoms with Crippen LogP contribution in [0.1, 0.15) is 31.0 Å². The van der Waals surface area contributed by atoms with Crippen molar-refractivity contribution in [2.24, 2.45) is 0 Å². The average molecular weight is 196 g/mol. The Kier molecular flexibility index (Phi) is 2.74. The van der Waals surface area contributed by atoms with E-state index in [1.807, 2.05) is 19.9 Å². The lowest BCUT2D eigenvalue weighted by molar-refractivity contribution is 0.865. The van der Waals surface area contributed by atoms with E-state index in [1.165, 1.54) is 0 Å². The van der Waals surface area contributed by atoms with Crippen LogP contribution in [0.4, 0.5) is 5.69 Å². The van der Waals surface area contributed by atoms with Gasteiger partial charge in [-0.25, -0.2) is 4.98 Å². The molecule has 0 saturated carbocycles. The summed E-state index contributed by atoms with van der Waals surface area (Å²) >= 11 is 5.73. The molecule has 0 unspecified atom stereocenters. The first kappa shape index (κ1) is 9.82. The van der Waals surface area contributed by atoms with E-state index in [1.54, 1.807) is 6.07 Å². The van der Waals surface area contributed by atoms with Crippen molar-refractivity contribution in [1.29, 1.82) is 5.26 Å². The van der Waals surface area contributed by atoms with Gasteiger partial charge in [0.1, 0.15) is 11.2 Å². The first-order valence-electron chi connectivity index (χ1n) is 3.92. The molecule has 0 bridgehead atoms. The third-order valence-electron chi connectivity index (χ3n) is 1.79. The minimum Gasteiger partial charge on any atom is -0.396 e. The van der Waals surface area contributed by atoms with Gasteiger partial charge in [0.25, 0.3) is 0 Å². The van der Waals surface area contributed by atoms with Gasteiger partial charge < -0.3 is 5.73 Å². The number of nitrogen functional groups attached to an aromatic ring is 1. The zero-order valence-corrected chi connectivity index (χ0v) is 8.26. The topological polar surface area (TPSA) is 62.7 Å². The average Bonchev–Trinajstić information content (AvgIpc) is 2.08. The Bertz CT molecular complexity index is 366. The number of pyridine rings is 1. The normalized spacial score (nSPS) is 10.1. The molecule has 4 heteroatoms. The van der Waals surface area contributed by atoms with Gasteiger partial charge in [-0.05, 0) is 17.5 Å². The molecule has 0 radical (unpaired) electrons. The number of rotatable bonds is 1. The smallest absolute Gasteiger partial charge is 0.165 e. The number of hydrogen-bond donors (Lipinski definition) is 1. The van der Waals surface area contributed by atoms with Gasteiger partial charge in [-0.2, -0.15) is 5.26 Å². The Morgan fingerprint density at radius 1 is 1.62 bits per heavy atom. The van der Waals surface area contributed by atoms with Crippen LogP contribution in [0, 0.1) is 11.3 Å². The molecular weight excluding hydrogens is 186 g/mol. The molecule has 0 atom stereocenters. The molecule has 0 aromatic carbocycles. The predicted octanol–water partition coefficient (Wildman–Crippen LogP) is 2.31. The lowest BCUT2D eigenvalue weighted by Gasteiger charge is -2.09. The van der Waals surface area contributed by atoms with Crippen LogP contribution >= 0.6 is 11.6 Å². The van der Waals surface area contributed by atoms with E-state index in [0.717, 1.165) is 5.56 Å². The largest absolute Gasteiger partial charge is 0.396 e. The fraction of sp³-hybridized carbons (Fsp3) is 0.333. The van der Waals surface area contributed by atoms with E-state index in [4.69, 9.17) is 22.6 Å². The van der Waals surface area contributed by atoms with Gasteiger partial charge in [-0.1, -0.05) is 25.4 Å². The Morgan fingerprint density at radius 2 is 2.23 bits per heavy atom. The van der Waals surface area contributed by atoms with Gasteiger partial charge in [-0.15, -0.1) is 0 Å². The third-order valence-corrected chi connectivity index (χ3v) is 1.98. The van der Waals surface area contributed by atoms with Crippen molar-refractivity contribution in [3.05, 3.63) is 22.5 Å². The molecule has 1 heterocycles. The van der Waals surface area contributed by atoms with Gasteiger partial charge in [0, 0.05) is 0 Å². The van der Waals surface area contributed by atoms with Crippen molar-refractivity contribution >= 4 is 17.3 Å². The van der Waals surface area contributed by atoms with E-state index in [-0.39, 0.29) is 11.6 Å². The molecule has 2 N–H and O–H groups in total. The van der Waals surface area contributed by atoms with Gasteiger partial charge in [0.15, 0.2) is 5.69 Å². The number of nitrogens with two attached hydrogens (primary N) is 1. The summed E-state index contributed by atoms with van der Waals surface area (Å²) in [5.74, 6) is 0.243. The highest BCUT2D eigenvalue weighted by Crippen LogP contribution is 2.26. The van der Waals surface area contributed by atoms with Gasteiger partial charge >= 0.3 is 0 Å². The van der Waals surface area contributed by atoms with Crippen LogP contribution in [0.3, 0.4) is 0 Å². The summed E-state index contributed by atoms with van der Waals surface area (Å²) in [7, 11) is 0. The predicted molar refractivity (Wildman–Crippen MR) is 52.5 cm³/mol. The maximum absolute atomic E-state index is 8.70. The molecule has 1 aromatic rings. The Labute approximate surface area is 82.1 Å². The first-order chi connectivity index (χ1) is 6.06. The van der Waals surface area contributed by atoms with Crippen LogP contribution < -0.4 is 5.73 Å². The molecule has 3 nitrogen and oxygen atoms in total. The number of hydrogen-bond acceptors (Lipinski definition) is 3. The minimum atomic E-state index is 0.205. The molecule has 0 spiro atoms. The standard InChI is InChI=1S/C9H10ClN3/c1-5(2)6-3-8(10)13-7(4-11)9(6)12/h3,5H,12H2,1-2H3. The van der Waals surface area contributed by atoms with Crippen molar-refractivity contribution in [3.63, 3.8) is 0 Å². The van der Waals surface area contributed by atoms with E-state index in [0.29, 0.717) is 10.8 Å². The summed E-state index contributed by atoms with van der Waals surface area (Å²) in [6, 6.07) is 3.61. The molecule has 0 amide bonds. The molecule has 0 fully saturated rings. The molecule has 0 saturated heterocycles. The van der Waals surface area contributed by atoms with Crippen LogP contribution in [-0.4, -0.2) is 4.98 Å². The number of halogens is 1. The summed E-state index contributed by atoms with van der Waals surface area (Å²) < 4.78 is 0. The zero-order chi connectivity index (χ0) is 10.0. The first-order valence-corrected chi connectivity index (χ1v) is 4.30. The van der Waals surface area contributed by atoms with Crippen LogP contribution in [0.2, 0.25) is 5.15 Å². The summed E-state index contributed by atoms with van der Waals surface area (Å²) in [4.78, 5) is 3.81. The van der Waals surface area contributed by atoms with Gasteiger partial charge in [0.2, 0.25) is 0 Å². The number of nitriles is 1. The van der Waals surface area contributed by atoms with Gasteiger partial charge in [-0.3, -0.25) is 0 Å². The number of anilines is 1. The van der Waals surface area contributed by atoms with E-state index in [9.17, 15) is 0 Å². The number of nitrogens with zero attached hydrogens (tertiary/aromatic N) is 2. The van der Waals surface area contributed by atoms with E-state index in [2.05, 4.69) is 4.98 Å². The van der Waals surface area contributed by atoms with Crippen molar-refractivity contribution in [3.8, 4) is 6.07 Å². The maximum Gasteiger partial charge on any atom is 0.165 e. The summed E-state index contributed by atoms with van der Waals surface area (Å²) in [6.07, 6.45) is 0. The second kappa shape index (κ2) is 3.63. The quantitative estimate of drug-likeness (QED) is 0.700. The second-order valence-corrected chi connectivity index (χ2v) is 3.45. The minimum absolute atomic E-state index is 0.205. The van der Waals surface area contributed by atoms with Crippen molar-refractivity contribution in [1.82, 2.24) is 4.98 Å². The SMILES string of the molecule is CC(C)c1cc(Cl)nc(C#N)c1N. The molecule has 68 valence electrons. The Hall–Kier alpha value is -1.27. The molecule has 13 heavy (non-hydrogen) atoms. The van der Waals surface area contributed by atoms with Gasteiger partial charge in [0.05, 0.1) is 5.69 Å². The highest BCUT2D eigenvalue weighted by atomic mass is 35.5. The second-order valence-electron chi connectivity index (χ2n) is 3.06. The molecule has 0 aliphatic heterocycles. The van der Waals surface area contributed by atoms with Crippen LogP contribution in [0.5, 0.6) is 0 Å². The zero-order valence-electron chi connectivity index (χ0n) is 7.50. The summed E-state index contributed by atoms with van der Waals surface area (Å²) in [6.45, 7) is 3.98. The van der Waals surface area contributed by atoms with Crippen molar-refractivity contribution in [2.75, 3.05) is 5.73 Å². The van der Waals surface area contributed by atoms with Crippen LogP contribution in [0.15, 0.2) is 6.07 Å². The Balaban J connectivity index is 3.38. The molecule has 1 aromatic heterocycles. The molecule has 1 rings (SSSR count). The third kappa shape index (κ3) is 1.90.